The maximum atomic E-state index is 12.6. The molecule has 1 aliphatic rings. The van der Waals surface area contributed by atoms with E-state index in [1.807, 2.05) is 66.7 Å². The Labute approximate surface area is 214 Å². The molecule has 2 heterocycles. The summed E-state index contributed by atoms with van der Waals surface area (Å²) in [4.78, 5) is 31.0. The fraction of sp³-hybridized carbons (Fsp3) is 0.207. The molecule has 2 unspecified atom stereocenters. The van der Waals surface area contributed by atoms with Crippen molar-refractivity contribution in [3.63, 3.8) is 0 Å². The molecular weight excluding hydrogens is 470 g/mol. The maximum absolute atomic E-state index is 12.6. The van der Waals surface area contributed by atoms with Gasteiger partial charge >= 0.3 is 5.97 Å². The van der Waals surface area contributed by atoms with E-state index in [1.54, 1.807) is 23.3 Å². The summed E-state index contributed by atoms with van der Waals surface area (Å²) in [6.07, 6.45) is 2.42. The first-order valence-electron chi connectivity index (χ1n) is 12.1. The molecule has 8 heteroatoms. The average molecular weight is 498 g/mol. The van der Waals surface area contributed by atoms with Gasteiger partial charge in [-0.25, -0.2) is 4.98 Å². The number of nitrogens with zero attached hydrogens (tertiary/aromatic N) is 2. The predicted octanol–water partition coefficient (Wildman–Crippen LogP) is 4.00. The van der Waals surface area contributed by atoms with Gasteiger partial charge in [0.25, 0.3) is 0 Å². The topological polar surface area (TPSA) is 119 Å². The number of rotatable bonds is 9. The Morgan fingerprint density at radius 2 is 1.78 bits per heavy atom. The number of hydrogen-bond donors (Lipinski definition) is 2. The van der Waals surface area contributed by atoms with Gasteiger partial charge in [0.05, 0.1) is 12.3 Å². The van der Waals surface area contributed by atoms with Gasteiger partial charge in [0.1, 0.15) is 24.1 Å². The molecule has 0 spiro atoms. The zero-order chi connectivity index (χ0) is 25.8. The van der Waals surface area contributed by atoms with E-state index in [2.05, 4.69) is 4.98 Å². The van der Waals surface area contributed by atoms with Crippen molar-refractivity contribution >= 4 is 11.9 Å². The molecule has 0 radical (unpaired) electrons. The van der Waals surface area contributed by atoms with Crippen LogP contribution < -0.4 is 10.5 Å². The third-order valence-electron chi connectivity index (χ3n) is 6.52. The lowest BCUT2D eigenvalue weighted by Crippen LogP contribution is -2.51. The first-order chi connectivity index (χ1) is 18.0. The quantitative estimate of drug-likeness (QED) is 0.359. The number of amides is 1. The van der Waals surface area contributed by atoms with E-state index in [-0.39, 0.29) is 13.0 Å². The van der Waals surface area contributed by atoms with Gasteiger partial charge in [-0.15, -0.1) is 0 Å². The van der Waals surface area contributed by atoms with Crippen LogP contribution in [-0.2, 0) is 29.0 Å². The number of primary amides is 1. The molecule has 1 aliphatic heterocycles. The Kier molecular flexibility index (Phi) is 7.00. The number of carbonyl (C=O) groups is 2. The number of carboxylic acids is 1. The second-order valence-electron chi connectivity index (χ2n) is 8.99. The summed E-state index contributed by atoms with van der Waals surface area (Å²) < 4.78 is 11.6. The third-order valence-corrected chi connectivity index (χ3v) is 6.52. The Hall–Kier alpha value is -4.43. The summed E-state index contributed by atoms with van der Waals surface area (Å²) in [6.45, 7) is 0.637. The molecule has 37 heavy (non-hydrogen) atoms. The smallest absolute Gasteiger partial charge is 0.321 e. The number of fused-ring (bicyclic) bond motifs is 1. The summed E-state index contributed by atoms with van der Waals surface area (Å²) in [6, 6.07) is 22.8. The van der Waals surface area contributed by atoms with Crippen LogP contribution in [0.25, 0.3) is 11.5 Å². The summed E-state index contributed by atoms with van der Waals surface area (Å²) in [5.74, 6) is -0.461. The number of ether oxygens (including phenoxy) is 1. The van der Waals surface area contributed by atoms with Crippen molar-refractivity contribution in [2.45, 2.75) is 31.5 Å². The third kappa shape index (κ3) is 5.39. The fourth-order valence-corrected chi connectivity index (χ4v) is 4.74. The highest BCUT2D eigenvalue weighted by molar-refractivity contribution is 5.85. The molecule has 0 fully saturated rings. The first kappa shape index (κ1) is 24.3. The van der Waals surface area contributed by atoms with Gasteiger partial charge in [0.15, 0.2) is 0 Å². The zero-order valence-corrected chi connectivity index (χ0v) is 20.1. The normalized spacial score (nSPS) is 17.2. The van der Waals surface area contributed by atoms with E-state index < -0.39 is 24.0 Å². The van der Waals surface area contributed by atoms with E-state index in [1.165, 1.54) is 0 Å². The average Bonchev–Trinajstić information content (AvgIpc) is 3.38. The highest BCUT2D eigenvalue weighted by Crippen LogP contribution is 2.36. The second-order valence-corrected chi connectivity index (χ2v) is 8.99. The molecule has 0 aliphatic carbocycles. The highest BCUT2D eigenvalue weighted by Gasteiger charge is 2.41. The molecule has 3 N–H and O–H groups in total. The predicted molar refractivity (Wildman–Crippen MR) is 137 cm³/mol. The van der Waals surface area contributed by atoms with E-state index >= 15 is 0 Å². The largest absolute Gasteiger partial charge is 0.493 e. The maximum Gasteiger partial charge on any atom is 0.321 e. The number of carbonyl (C=O) groups excluding carboxylic acids is 1. The molecule has 0 bridgehead atoms. The molecule has 0 saturated heterocycles. The number of hydrogen-bond acceptors (Lipinski definition) is 6. The molecule has 8 nitrogen and oxygen atoms in total. The van der Waals surface area contributed by atoms with E-state index in [9.17, 15) is 14.7 Å². The summed E-state index contributed by atoms with van der Waals surface area (Å²) >= 11 is 0. The van der Waals surface area contributed by atoms with Crippen molar-refractivity contribution in [3.05, 3.63) is 108 Å². The minimum absolute atomic E-state index is 0.267. The molecule has 5 rings (SSSR count). The summed E-state index contributed by atoms with van der Waals surface area (Å²) in [5.41, 5.74) is 9.85. The van der Waals surface area contributed by atoms with Crippen molar-refractivity contribution < 1.29 is 23.8 Å². The van der Waals surface area contributed by atoms with Gasteiger partial charge in [-0.05, 0) is 47.4 Å². The van der Waals surface area contributed by atoms with E-state index in [4.69, 9.17) is 14.9 Å². The van der Waals surface area contributed by atoms with Crippen molar-refractivity contribution in [2.75, 3.05) is 6.61 Å². The van der Waals surface area contributed by atoms with E-state index in [0.29, 0.717) is 30.2 Å². The molecule has 0 saturated carbocycles. The van der Waals surface area contributed by atoms with Gasteiger partial charge in [-0.3, -0.25) is 14.5 Å². The monoisotopic (exact) mass is 497 g/mol. The number of nitrogens with two attached hydrogens (primary N) is 1. The van der Waals surface area contributed by atoms with Crippen LogP contribution in [0.4, 0.5) is 0 Å². The van der Waals surface area contributed by atoms with Crippen LogP contribution in [0.3, 0.4) is 0 Å². The van der Waals surface area contributed by atoms with Crippen LogP contribution >= 0.6 is 0 Å². The van der Waals surface area contributed by atoms with Crippen LogP contribution in [0.2, 0.25) is 0 Å². The minimum Gasteiger partial charge on any atom is -0.493 e. The SMILES string of the molecule is NC(=O)C1c2cc(OCCc3coc(-c4ccccc4)n3)ccc2CC(C(=O)O)N1Cc1ccccc1. The van der Waals surface area contributed by atoms with Gasteiger partial charge in [-0.1, -0.05) is 54.6 Å². The van der Waals surface area contributed by atoms with Gasteiger partial charge in [0, 0.05) is 18.5 Å². The number of oxazole rings is 1. The fourth-order valence-electron chi connectivity index (χ4n) is 4.74. The lowest BCUT2D eigenvalue weighted by molar-refractivity contribution is -0.146. The lowest BCUT2D eigenvalue weighted by Gasteiger charge is -2.40. The summed E-state index contributed by atoms with van der Waals surface area (Å²) in [5, 5.41) is 9.93. The number of aromatic nitrogens is 1. The molecule has 188 valence electrons. The van der Waals surface area contributed by atoms with Crippen molar-refractivity contribution in [1.82, 2.24) is 9.88 Å². The Balaban J connectivity index is 1.33. The number of benzene rings is 3. The van der Waals surface area contributed by atoms with Gasteiger partial charge < -0.3 is 20.0 Å². The number of aliphatic carboxylic acids is 1. The Morgan fingerprint density at radius 3 is 2.49 bits per heavy atom. The van der Waals surface area contributed by atoms with Crippen LogP contribution in [-0.4, -0.2) is 39.5 Å². The lowest BCUT2D eigenvalue weighted by atomic mass is 9.87. The number of carboxylic acid groups (broad SMARTS) is 1. The Morgan fingerprint density at radius 1 is 1.05 bits per heavy atom. The zero-order valence-electron chi connectivity index (χ0n) is 20.1. The standard InChI is InChI=1S/C29H27N3O5/c30-27(33)26-24-16-23(36-14-13-22-18-37-28(31-22)20-9-5-2-6-10-20)12-11-21(24)15-25(29(34)35)32(26)17-19-7-3-1-4-8-19/h1-12,16,18,25-26H,13-15,17H2,(H2,30,33)(H,34,35). The molecular formula is C29H27N3O5. The van der Waals surface area contributed by atoms with Crippen LogP contribution in [0, 0.1) is 0 Å². The van der Waals surface area contributed by atoms with Crippen LogP contribution in [0.15, 0.2) is 89.5 Å². The Bertz CT molecular complexity index is 1390. The minimum atomic E-state index is -0.990. The van der Waals surface area contributed by atoms with Crippen molar-refractivity contribution in [1.29, 1.82) is 0 Å². The summed E-state index contributed by atoms with van der Waals surface area (Å²) in [7, 11) is 0. The van der Waals surface area contributed by atoms with Crippen molar-refractivity contribution in [3.8, 4) is 17.2 Å². The first-order valence-corrected chi connectivity index (χ1v) is 12.1. The van der Waals surface area contributed by atoms with Crippen molar-refractivity contribution in [2.24, 2.45) is 5.73 Å². The second kappa shape index (κ2) is 10.7. The molecule has 1 aromatic heterocycles. The van der Waals surface area contributed by atoms with E-state index in [0.717, 1.165) is 22.4 Å². The van der Waals surface area contributed by atoms with Gasteiger partial charge in [0.2, 0.25) is 11.8 Å². The molecule has 3 aromatic carbocycles. The van der Waals surface area contributed by atoms with Crippen LogP contribution in [0.5, 0.6) is 5.75 Å². The molecule has 4 aromatic rings. The molecule has 2 atom stereocenters. The van der Waals surface area contributed by atoms with Crippen LogP contribution in [0.1, 0.15) is 28.4 Å². The van der Waals surface area contributed by atoms with Gasteiger partial charge in [-0.2, -0.15) is 0 Å². The molecule has 1 amide bonds. The highest BCUT2D eigenvalue weighted by atomic mass is 16.5.